The Balaban J connectivity index is 2.23. The van der Waals surface area contributed by atoms with Gasteiger partial charge in [-0.2, -0.15) is 5.10 Å². The quantitative estimate of drug-likeness (QED) is 0.720. The van der Waals surface area contributed by atoms with Gasteiger partial charge in [0.05, 0.1) is 25.1 Å². The van der Waals surface area contributed by atoms with Gasteiger partial charge in [-0.15, -0.1) is 0 Å². The van der Waals surface area contributed by atoms with E-state index in [1.165, 1.54) is 0 Å². The zero-order valence-corrected chi connectivity index (χ0v) is 10.1. The van der Waals surface area contributed by atoms with E-state index in [4.69, 9.17) is 15.2 Å². The third kappa shape index (κ3) is 4.20. The number of hydrogen-bond donors (Lipinski definition) is 1. The van der Waals surface area contributed by atoms with Gasteiger partial charge in [0.1, 0.15) is 0 Å². The van der Waals surface area contributed by atoms with E-state index in [9.17, 15) is 0 Å². The molecule has 1 rings (SSSR count). The molecule has 1 heterocycles. The summed E-state index contributed by atoms with van der Waals surface area (Å²) >= 11 is 0. The zero-order valence-electron chi connectivity index (χ0n) is 10.1. The third-order valence-corrected chi connectivity index (χ3v) is 2.31. The van der Waals surface area contributed by atoms with E-state index in [-0.39, 0.29) is 6.10 Å². The standard InChI is InChI=1S/C11H21N3O2/c1-3-14-9-11(8-13-14)16-6-5-10(7-12)15-4-2/h8-10H,3-7,12H2,1-2H3. The minimum Gasteiger partial charge on any atom is -0.490 e. The fourth-order valence-electron chi connectivity index (χ4n) is 1.41. The molecule has 92 valence electrons. The molecule has 0 aliphatic carbocycles. The van der Waals surface area contributed by atoms with Crippen LogP contribution in [0.15, 0.2) is 12.4 Å². The van der Waals surface area contributed by atoms with Crippen molar-refractivity contribution in [2.45, 2.75) is 32.9 Å². The average Bonchev–Trinajstić information content (AvgIpc) is 2.76. The highest BCUT2D eigenvalue weighted by Gasteiger charge is 2.06. The number of nitrogens with two attached hydrogens (primary N) is 1. The molecule has 1 atom stereocenters. The molecule has 0 fully saturated rings. The predicted molar refractivity (Wildman–Crippen MR) is 62.5 cm³/mol. The fourth-order valence-corrected chi connectivity index (χ4v) is 1.41. The molecule has 0 aliphatic rings. The van der Waals surface area contributed by atoms with Gasteiger partial charge in [0, 0.05) is 26.1 Å². The van der Waals surface area contributed by atoms with Gasteiger partial charge in [-0.05, 0) is 13.8 Å². The lowest BCUT2D eigenvalue weighted by Gasteiger charge is -2.14. The van der Waals surface area contributed by atoms with Crippen molar-refractivity contribution in [1.82, 2.24) is 9.78 Å². The highest BCUT2D eigenvalue weighted by atomic mass is 16.5. The molecule has 0 saturated heterocycles. The molecule has 0 radical (unpaired) electrons. The van der Waals surface area contributed by atoms with Crippen LogP contribution in [-0.4, -0.2) is 35.6 Å². The summed E-state index contributed by atoms with van der Waals surface area (Å²) in [4.78, 5) is 0. The Morgan fingerprint density at radius 2 is 2.31 bits per heavy atom. The lowest BCUT2D eigenvalue weighted by atomic mass is 10.2. The Bertz CT molecular complexity index is 289. The largest absolute Gasteiger partial charge is 0.490 e. The number of ether oxygens (including phenoxy) is 2. The van der Waals surface area contributed by atoms with Gasteiger partial charge in [0.25, 0.3) is 0 Å². The first kappa shape index (κ1) is 13.0. The SMILES string of the molecule is CCOC(CN)CCOc1cnn(CC)c1. The lowest BCUT2D eigenvalue weighted by Crippen LogP contribution is -2.25. The van der Waals surface area contributed by atoms with Crippen molar-refractivity contribution in [3.8, 4) is 5.75 Å². The predicted octanol–water partition coefficient (Wildman–Crippen LogP) is 1.04. The van der Waals surface area contributed by atoms with E-state index >= 15 is 0 Å². The number of hydrogen-bond acceptors (Lipinski definition) is 4. The lowest BCUT2D eigenvalue weighted by molar-refractivity contribution is 0.0527. The smallest absolute Gasteiger partial charge is 0.157 e. The summed E-state index contributed by atoms with van der Waals surface area (Å²) in [7, 11) is 0. The first-order valence-corrected chi connectivity index (χ1v) is 5.77. The van der Waals surface area contributed by atoms with Gasteiger partial charge in [-0.25, -0.2) is 0 Å². The molecule has 0 bridgehead atoms. The number of aromatic nitrogens is 2. The molecule has 5 heteroatoms. The van der Waals surface area contributed by atoms with Crippen LogP contribution in [-0.2, 0) is 11.3 Å². The van der Waals surface area contributed by atoms with Crippen LogP contribution < -0.4 is 10.5 Å². The second kappa shape index (κ2) is 7.24. The monoisotopic (exact) mass is 227 g/mol. The first-order chi connectivity index (χ1) is 7.80. The van der Waals surface area contributed by atoms with Gasteiger partial charge in [0.2, 0.25) is 0 Å². The third-order valence-electron chi connectivity index (χ3n) is 2.31. The molecule has 1 aromatic rings. The maximum Gasteiger partial charge on any atom is 0.157 e. The molecule has 5 nitrogen and oxygen atoms in total. The highest BCUT2D eigenvalue weighted by Crippen LogP contribution is 2.09. The Kier molecular flexibility index (Phi) is 5.88. The van der Waals surface area contributed by atoms with Crippen LogP contribution in [0.1, 0.15) is 20.3 Å². The van der Waals surface area contributed by atoms with Crippen molar-refractivity contribution in [2.75, 3.05) is 19.8 Å². The van der Waals surface area contributed by atoms with E-state index in [0.29, 0.717) is 19.8 Å². The Morgan fingerprint density at radius 1 is 1.50 bits per heavy atom. The highest BCUT2D eigenvalue weighted by molar-refractivity contribution is 5.11. The molecule has 1 unspecified atom stereocenters. The van der Waals surface area contributed by atoms with Crippen molar-refractivity contribution in [1.29, 1.82) is 0 Å². The number of aryl methyl sites for hydroxylation is 1. The number of rotatable bonds is 8. The Hall–Kier alpha value is -1.07. The van der Waals surface area contributed by atoms with Crippen molar-refractivity contribution < 1.29 is 9.47 Å². The van der Waals surface area contributed by atoms with Crippen LogP contribution >= 0.6 is 0 Å². The second-order valence-electron chi connectivity index (χ2n) is 3.48. The Morgan fingerprint density at radius 3 is 2.88 bits per heavy atom. The van der Waals surface area contributed by atoms with Crippen LogP contribution in [0, 0.1) is 0 Å². The summed E-state index contributed by atoms with van der Waals surface area (Å²) in [5, 5.41) is 4.12. The van der Waals surface area contributed by atoms with Gasteiger partial charge < -0.3 is 15.2 Å². The van der Waals surface area contributed by atoms with Crippen LogP contribution in [0.25, 0.3) is 0 Å². The maximum atomic E-state index is 5.57. The molecule has 0 saturated carbocycles. The van der Waals surface area contributed by atoms with Crippen LogP contribution in [0.5, 0.6) is 5.75 Å². The summed E-state index contributed by atoms with van der Waals surface area (Å²) in [5.74, 6) is 0.800. The molecular weight excluding hydrogens is 206 g/mol. The fraction of sp³-hybridized carbons (Fsp3) is 0.727. The van der Waals surface area contributed by atoms with Crippen LogP contribution in [0.3, 0.4) is 0 Å². The topological polar surface area (TPSA) is 62.3 Å². The second-order valence-corrected chi connectivity index (χ2v) is 3.48. The van der Waals surface area contributed by atoms with E-state index in [2.05, 4.69) is 5.10 Å². The molecule has 16 heavy (non-hydrogen) atoms. The summed E-state index contributed by atoms with van der Waals surface area (Å²) in [6.07, 6.45) is 4.51. The zero-order chi connectivity index (χ0) is 11.8. The van der Waals surface area contributed by atoms with Crippen LogP contribution in [0.2, 0.25) is 0 Å². The minimum atomic E-state index is 0.0891. The van der Waals surface area contributed by atoms with Crippen molar-refractivity contribution in [3.05, 3.63) is 12.4 Å². The van der Waals surface area contributed by atoms with E-state index in [0.717, 1.165) is 18.7 Å². The first-order valence-electron chi connectivity index (χ1n) is 5.77. The summed E-state index contributed by atoms with van der Waals surface area (Å²) in [6, 6.07) is 0. The van der Waals surface area contributed by atoms with E-state index in [1.54, 1.807) is 6.20 Å². The normalized spacial score (nSPS) is 12.7. The maximum absolute atomic E-state index is 5.57. The van der Waals surface area contributed by atoms with Crippen LogP contribution in [0.4, 0.5) is 0 Å². The minimum absolute atomic E-state index is 0.0891. The number of nitrogens with zero attached hydrogens (tertiary/aromatic N) is 2. The van der Waals surface area contributed by atoms with Crippen molar-refractivity contribution in [2.24, 2.45) is 5.73 Å². The molecule has 0 amide bonds. The van der Waals surface area contributed by atoms with E-state index < -0.39 is 0 Å². The van der Waals surface area contributed by atoms with Crippen molar-refractivity contribution in [3.63, 3.8) is 0 Å². The van der Waals surface area contributed by atoms with Gasteiger partial charge >= 0.3 is 0 Å². The Labute approximate surface area is 96.5 Å². The van der Waals surface area contributed by atoms with E-state index in [1.807, 2.05) is 24.7 Å². The van der Waals surface area contributed by atoms with Gasteiger partial charge in [-0.1, -0.05) is 0 Å². The van der Waals surface area contributed by atoms with Gasteiger partial charge in [0.15, 0.2) is 5.75 Å². The summed E-state index contributed by atoms with van der Waals surface area (Å²) < 4.78 is 12.8. The molecule has 0 spiro atoms. The molecule has 1 aromatic heterocycles. The van der Waals surface area contributed by atoms with Gasteiger partial charge in [-0.3, -0.25) is 4.68 Å². The molecule has 0 aromatic carbocycles. The molecular formula is C11H21N3O2. The van der Waals surface area contributed by atoms with Crippen molar-refractivity contribution >= 4 is 0 Å². The summed E-state index contributed by atoms with van der Waals surface area (Å²) in [6.45, 7) is 6.69. The summed E-state index contributed by atoms with van der Waals surface area (Å²) in [5.41, 5.74) is 5.57. The average molecular weight is 227 g/mol. The molecule has 0 aliphatic heterocycles. The molecule has 2 N–H and O–H groups in total.